The van der Waals surface area contributed by atoms with E-state index in [0.29, 0.717) is 18.4 Å². The van der Waals surface area contributed by atoms with Crippen LogP contribution in [0.3, 0.4) is 0 Å². The zero-order chi connectivity index (χ0) is 17.1. The molecular formula is C18H24N2O3. The lowest BCUT2D eigenvalue weighted by Gasteiger charge is -2.19. The molecule has 0 spiro atoms. The molecule has 0 bridgehead atoms. The molecule has 0 aliphatic carbocycles. The van der Waals surface area contributed by atoms with Crippen molar-refractivity contribution in [3.05, 3.63) is 53.6 Å². The number of carbonyl (C=O) groups is 2. The number of nitrogens with one attached hydrogen (secondary N) is 2. The van der Waals surface area contributed by atoms with Gasteiger partial charge in [0.15, 0.2) is 0 Å². The molecule has 5 nitrogen and oxygen atoms in total. The lowest BCUT2D eigenvalue weighted by atomic mass is 10.2. The van der Waals surface area contributed by atoms with Crippen LogP contribution >= 0.6 is 0 Å². The molecule has 1 unspecified atom stereocenters. The normalized spacial score (nSPS) is 12.9. The number of hydrogen-bond acceptors (Lipinski definition) is 3. The van der Waals surface area contributed by atoms with Gasteiger partial charge in [-0.2, -0.15) is 0 Å². The van der Waals surface area contributed by atoms with Crippen molar-refractivity contribution in [2.75, 3.05) is 6.61 Å². The summed E-state index contributed by atoms with van der Waals surface area (Å²) in [5.74, 6) is -0.530. The standard InChI is InChI=1S/C18H24N2O3/c1-3-14(2)18(23)20-16(10-7-13-21)19-17(22)12-11-15-8-5-4-6-9-15/h3-6,8-9,11-12,16,21H,7,10,13H2,1-2H3,(H,19,22)(H,20,23). The molecule has 0 saturated heterocycles. The fourth-order valence-corrected chi connectivity index (χ4v) is 1.83. The molecule has 1 rings (SSSR count). The minimum atomic E-state index is -0.516. The molecule has 23 heavy (non-hydrogen) atoms. The van der Waals surface area contributed by atoms with Crippen molar-refractivity contribution in [1.29, 1.82) is 0 Å². The monoisotopic (exact) mass is 316 g/mol. The van der Waals surface area contributed by atoms with E-state index in [-0.39, 0.29) is 18.4 Å². The molecule has 1 aromatic carbocycles. The third-order valence-electron chi connectivity index (χ3n) is 3.29. The summed E-state index contributed by atoms with van der Waals surface area (Å²) in [4.78, 5) is 23.9. The summed E-state index contributed by atoms with van der Waals surface area (Å²) in [7, 11) is 0. The quantitative estimate of drug-likeness (QED) is 0.507. The van der Waals surface area contributed by atoms with Gasteiger partial charge in [0.05, 0.1) is 0 Å². The van der Waals surface area contributed by atoms with Crippen LogP contribution in [0.2, 0.25) is 0 Å². The highest BCUT2D eigenvalue weighted by atomic mass is 16.3. The van der Waals surface area contributed by atoms with Gasteiger partial charge in [-0.3, -0.25) is 9.59 Å². The van der Waals surface area contributed by atoms with E-state index in [4.69, 9.17) is 5.11 Å². The van der Waals surface area contributed by atoms with Crippen molar-refractivity contribution in [2.45, 2.75) is 32.9 Å². The molecule has 0 aliphatic heterocycles. The number of amides is 2. The molecule has 0 fully saturated rings. The Labute approximate surface area is 137 Å². The highest BCUT2D eigenvalue weighted by Gasteiger charge is 2.14. The van der Waals surface area contributed by atoms with E-state index < -0.39 is 6.17 Å². The molecule has 5 heteroatoms. The van der Waals surface area contributed by atoms with E-state index >= 15 is 0 Å². The van der Waals surface area contributed by atoms with Crippen LogP contribution < -0.4 is 10.6 Å². The largest absolute Gasteiger partial charge is 0.396 e. The van der Waals surface area contributed by atoms with Crippen molar-refractivity contribution in [3.63, 3.8) is 0 Å². The molecule has 124 valence electrons. The van der Waals surface area contributed by atoms with Crippen LogP contribution in [0, 0.1) is 0 Å². The minimum Gasteiger partial charge on any atom is -0.396 e. The van der Waals surface area contributed by atoms with Crippen LogP contribution in [0.15, 0.2) is 48.1 Å². The Morgan fingerprint density at radius 3 is 2.52 bits per heavy atom. The Morgan fingerprint density at radius 2 is 1.91 bits per heavy atom. The average molecular weight is 316 g/mol. The second-order valence-corrected chi connectivity index (χ2v) is 5.12. The van der Waals surface area contributed by atoms with Gasteiger partial charge < -0.3 is 15.7 Å². The molecule has 1 atom stereocenters. The van der Waals surface area contributed by atoms with Gasteiger partial charge in [-0.15, -0.1) is 0 Å². The summed E-state index contributed by atoms with van der Waals surface area (Å²) in [5.41, 5.74) is 1.50. The highest BCUT2D eigenvalue weighted by molar-refractivity contribution is 5.94. The summed E-state index contributed by atoms with van der Waals surface area (Å²) in [5, 5.41) is 14.4. The summed E-state index contributed by atoms with van der Waals surface area (Å²) >= 11 is 0. The summed E-state index contributed by atoms with van der Waals surface area (Å²) < 4.78 is 0. The lowest BCUT2D eigenvalue weighted by Crippen LogP contribution is -2.47. The first-order chi connectivity index (χ1) is 11.1. The van der Waals surface area contributed by atoms with Gasteiger partial charge in [-0.25, -0.2) is 0 Å². The van der Waals surface area contributed by atoms with Crippen LogP contribution in [0.25, 0.3) is 6.08 Å². The Morgan fingerprint density at radius 1 is 1.22 bits per heavy atom. The van der Waals surface area contributed by atoms with E-state index in [1.807, 2.05) is 30.3 Å². The summed E-state index contributed by atoms with van der Waals surface area (Å²) in [6, 6.07) is 9.47. The third-order valence-corrected chi connectivity index (χ3v) is 3.29. The first-order valence-electron chi connectivity index (χ1n) is 7.65. The zero-order valence-electron chi connectivity index (χ0n) is 13.6. The number of aliphatic hydroxyl groups is 1. The molecule has 1 aromatic rings. The van der Waals surface area contributed by atoms with Gasteiger partial charge in [-0.1, -0.05) is 36.4 Å². The number of rotatable bonds is 8. The van der Waals surface area contributed by atoms with Crippen LogP contribution in [0.5, 0.6) is 0 Å². The van der Waals surface area contributed by atoms with Crippen LogP contribution in [-0.4, -0.2) is 29.7 Å². The predicted molar refractivity (Wildman–Crippen MR) is 91.3 cm³/mol. The number of carbonyl (C=O) groups excluding carboxylic acids is 2. The topological polar surface area (TPSA) is 78.4 Å². The number of aliphatic hydroxyl groups excluding tert-OH is 1. The smallest absolute Gasteiger partial charge is 0.248 e. The average Bonchev–Trinajstić information content (AvgIpc) is 2.57. The molecule has 0 aliphatic rings. The van der Waals surface area contributed by atoms with Gasteiger partial charge >= 0.3 is 0 Å². The third kappa shape index (κ3) is 7.42. The van der Waals surface area contributed by atoms with E-state index in [1.165, 1.54) is 6.08 Å². The summed E-state index contributed by atoms with van der Waals surface area (Å²) in [6.45, 7) is 3.49. The molecule has 0 saturated carbocycles. The van der Waals surface area contributed by atoms with Gasteiger partial charge in [-0.05, 0) is 38.3 Å². The molecular weight excluding hydrogens is 292 g/mol. The van der Waals surface area contributed by atoms with E-state index in [9.17, 15) is 9.59 Å². The Bertz CT molecular complexity index is 565. The molecule has 2 amide bonds. The number of hydrogen-bond donors (Lipinski definition) is 3. The lowest BCUT2D eigenvalue weighted by molar-refractivity contribution is -0.120. The second kappa shape index (κ2) is 10.3. The highest BCUT2D eigenvalue weighted by Crippen LogP contribution is 2.02. The van der Waals surface area contributed by atoms with Gasteiger partial charge in [0, 0.05) is 18.3 Å². The maximum atomic E-state index is 12.0. The first-order valence-corrected chi connectivity index (χ1v) is 7.65. The van der Waals surface area contributed by atoms with E-state index in [1.54, 1.807) is 26.0 Å². The Kier molecular flexibility index (Phi) is 8.39. The van der Waals surface area contributed by atoms with Crippen LogP contribution in [-0.2, 0) is 9.59 Å². The summed E-state index contributed by atoms with van der Waals surface area (Å²) in [6.07, 6.45) is 5.27. The number of allylic oxidation sites excluding steroid dienone is 1. The minimum absolute atomic E-state index is 0.00466. The predicted octanol–water partition coefficient (Wildman–Crippen LogP) is 2.00. The van der Waals surface area contributed by atoms with Gasteiger partial charge in [0.2, 0.25) is 11.8 Å². The Hall–Kier alpha value is -2.40. The second-order valence-electron chi connectivity index (χ2n) is 5.12. The molecule has 0 heterocycles. The zero-order valence-corrected chi connectivity index (χ0v) is 13.6. The van der Waals surface area contributed by atoms with Crippen molar-refractivity contribution < 1.29 is 14.7 Å². The Balaban J connectivity index is 2.63. The molecule has 3 N–H and O–H groups in total. The van der Waals surface area contributed by atoms with Crippen molar-refractivity contribution in [2.24, 2.45) is 0 Å². The maximum Gasteiger partial charge on any atom is 0.248 e. The maximum absolute atomic E-state index is 12.0. The van der Waals surface area contributed by atoms with Gasteiger partial charge in [0.1, 0.15) is 6.17 Å². The van der Waals surface area contributed by atoms with Crippen LogP contribution in [0.4, 0.5) is 0 Å². The van der Waals surface area contributed by atoms with Crippen molar-refractivity contribution in [3.8, 4) is 0 Å². The fourth-order valence-electron chi connectivity index (χ4n) is 1.83. The first kappa shape index (κ1) is 18.6. The van der Waals surface area contributed by atoms with E-state index in [0.717, 1.165) is 5.56 Å². The van der Waals surface area contributed by atoms with Crippen molar-refractivity contribution >= 4 is 17.9 Å². The number of benzene rings is 1. The molecule has 0 aromatic heterocycles. The SMILES string of the molecule is CC=C(C)C(=O)NC(CCCO)NC(=O)C=Cc1ccccc1. The van der Waals surface area contributed by atoms with Crippen LogP contribution in [0.1, 0.15) is 32.3 Å². The fraction of sp³-hybridized carbons (Fsp3) is 0.333. The van der Waals surface area contributed by atoms with Crippen molar-refractivity contribution in [1.82, 2.24) is 10.6 Å². The van der Waals surface area contributed by atoms with Gasteiger partial charge in [0.25, 0.3) is 0 Å². The van der Waals surface area contributed by atoms with E-state index in [2.05, 4.69) is 10.6 Å². The molecule has 0 radical (unpaired) electrons.